The maximum atomic E-state index is 14.0. The maximum absolute atomic E-state index is 14.0. The van der Waals surface area contributed by atoms with Crippen LogP contribution >= 0.6 is 11.6 Å². The normalized spacial score (nSPS) is 16.1. The second-order valence-corrected chi connectivity index (χ2v) is 7.94. The third-order valence-electron chi connectivity index (χ3n) is 3.74. The van der Waals surface area contributed by atoms with Crippen molar-refractivity contribution in [3.8, 4) is 5.75 Å². The standard InChI is InChI=1S/C15H19ClFNO4S/c1-23(20,21)18-15(19)11-7-12(16)14(8-13(11)17)22-9-10-5-3-2-4-6-10/h7-8,10H,2-6,9H2,1H3,(H,18,19). The molecule has 0 radical (unpaired) electrons. The molecule has 1 aliphatic carbocycles. The number of hydrogen-bond donors (Lipinski definition) is 1. The third kappa shape index (κ3) is 5.35. The molecule has 0 aliphatic heterocycles. The Morgan fingerprint density at radius 2 is 2.00 bits per heavy atom. The Hall–Kier alpha value is -1.34. The number of rotatable bonds is 5. The van der Waals surface area contributed by atoms with E-state index < -0.39 is 27.3 Å². The molecule has 1 saturated carbocycles. The number of nitrogens with one attached hydrogen (secondary N) is 1. The molecule has 0 spiro atoms. The number of ether oxygens (including phenoxy) is 1. The van der Waals surface area contributed by atoms with Gasteiger partial charge in [-0.15, -0.1) is 0 Å². The molecule has 0 atom stereocenters. The average Bonchev–Trinajstić information content (AvgIpc) is 2.47. The molecule has 2 rings (SSSR count). The van der Waals surface area contributed by atoms with Crippen LogP contribution in [0.25, 0.3) is 0 Å². The minimum atomic E-state index is -3.78. The number of benzene rings is 1. The average molecular weight is 364 g/mol. The first-order chi connectivity index (χ1) is 10.8. The lowest BCUT2D eigenvalue weighted by molar-refractivity contribution is 0.0977. The molecule has 0 bridgehead atoms. The highest BCUT2D eigenvalue weighted by molar-refractivity contribution is 7.89. The number of amides is 1. The predicted octanol–water partition coefficient (Wildman–Crippen LogP) is 3.13. The molecule has 0 unspecified atom stereocenters. The number of sulfonamides is 1. The van der Waals surface area contributed by atoms with Crippen molar-refractivity contribution < 1.29 is 22.3 Å². The predicted molar refractivity (Wildman–Crippen MR) is 85.8 cm³/mol. The minimum absolute atomic E-state index is 0.0702. The van der Waals surface area contributed by atoms with E-state index in [9.17, 15) is 17.6 Å². The first-order valence-electron chi connectivity index (χ1n) is 7.40. The zero-order valence-electron chi connectivity index (χ0n) is 12.8. The lowest BCUT2D eigenvalue weighted by Crippen LogP contribution is -2.30. The number of carbonyl (C=O) groups excluding carboxylic acids is 1. The summed E-state index contributed by atoms with van der Waals surface area (Å²) in [5.74, 6) is -1.36. The maximum Gasteiger partial charge on any atom is 0.267 e. The Bertz CT molecular complexity index is 687. The van der Waals surface area contributed by atoms with Gasteiger partial charge in [0.25, 0.3) is 5.91 Å². The van der Waals surface area contributed by atoms with E-state index in [1.165, 1.54) is 19.3 Å². The topological polar surface area (TPSA) is 72.5 Å². The van der Waals surface area contributed by atoms with Crippen LogP contribution in [0.5, 0.6) is 5.75 Å². The molecule has 1 amide bonds. The van der Waals surface area contributed by atoms with Crippen molar-refractivity contribution in [1.82, 2.24) is 4.72 Å². The third-order valence-corrected chi connectivity index (χ3v) is 4.60. The summed E-state index contributed by atoms with van der Waals surface area (Å²) in [6, 6.07) is 2.09. The van der Waals surface area contributed by atoms with Gasteiger partial charge < -0.3 is 4.74 Å². The molecule has 128 valence electrons. The van der Waals surface area contributed by atoms with Crippen LogP contribution in [0.2, 0.25) is 5.02 Å². The molecule has 23 heavy (non-hydrogen) atoms. The zero-order valence-corrected chi connectivity index (χ0v) is 14.3. The Labute approximate surface area is 140 Å². The van der Waals surface area contributed by atoms with E-state index in [1.54, 1.807) is 4.72 Å². The number of carbonyl (C=O) groups is 1. The van der Waals surface area contributed by atoms with Gasteiger partial charge in [0.2, 0.25) is 10.0 Å². The van der Waals surface area contributed by atoms with E-state index in [1.807, 2.05) is 0 Å². The summed E-state index contributed by atoms with van der Waals surface area (Å²) in [7, 11) is -3.78. The molecule has 8 heteroatoms. The van der Waals surface area contributed by atoms with Crippen molar-refractivity contribution >= 4 is 27.5 Å². The molecule has 1 fully saturated rings. The highest BCUT2D eigenvalue weighted by atomic mass is 35.5. The highest BCUT2D eigenvalue weighted by Crippen LogP contribution is 2.30. The van der Waals surface area contributed by atoms with Gasteiger partial charge in [-0.1, -0.05) is 30.9 Å². The Morgan fingerprint density at radius 3 is 2.61 bits per heavy atom. The summed E-state index contributed by atoms with van der Waals surface area (Å²) in [6.07, 6.45) is 6.54. The Kier molecular flexibility index (Phi) is 5.86. The van der Waals surface area contributed by atoms with Gasteiger partial charge in [-0.05, 0) is 24.8 Å². The molecule has 0 aromatic heterocycles. The van der Waals surface area contributed by atoms with Gasteiger partial charge in [-0.25, -0.2) is 17.5 Å². The minimum Gasteiger partial charge on any atom is -0.492 e. The van der Waals surface area contributed by atoms with Crippen LogP contribution in [0, 0.1) is 11.7 Å². The van der Waals surface area contributed by atoms with E-state index in [4.69, 9.17) is 16.3 Å². The van der Waals surface area contributed by atoms with Crippen LogP contribution < -0.4 is 9.46 Å². The number of hydrogen-bond acceptors (Lipinski definition) is 4. The first kappa shape index (κ1) is 18.0. The van der Waals surface area contributed by atoms with Crippen molar-refractivity contribution in [2.24, 2.45) is 5.92 Å². The Balaban J connectivity index is 2.08. The summed E-state index contributed by atoms with van der Waals surface area (Å²) in [5, 5.41) is 0.0702. The summed E-state index contributed by atoms with van der Waals surface area (Å²) in [5.41, 5.74) is -0.439. The van der Waals surface area contributed by atoms with Gasteiger partial charge in [0, 0.05) is 6.07 Å². The highest BCUT2D eigenvalue weighted by Gasteiger charge is 2.20. The van der Waals surface area contributed by atoms with Crippen molar-refractivity contribution in [3.05, 3.63) is 28.5 Å². The summed E-state index contributed by atoms with van der Waals surface area (Å²) < 4.78 is 43.4. The largest absolute Gasteiger partial charge is 0.492 e. The van der Waals surface area contributed by atoms with Crippen LogP contribution in [-0.2, 0) is 10.0 Å². The fourth-order valence-electron chi connectivity index (χ4n) is 2.60. The van der Waals surface area contributed by atoms with Gasteiger partial charge in [-0.2, -0.15) is 0 Å². The van der Waals surface area contributed by atoms with E-state index in [-0.39, 0.29) is 10.8 Å². The summed E-state index contributed by atoms with van der Waals surface area (Å²) in [4.78, 5) is 11.7. The van der Waals surface area contributed by atoms with Crippen LogP contribution in [0.4, 0.5) is 4.39 Å². The van der Waals surface area contributed by atoms with Crippen molar-refractivity contribution in [2.75, 3.05) is 12.9 Å². The monoisotopic (exact) mass is 363 g/mol. The SMILES string of the molecule is CS(=O)(=O)NC(=O)c1cc(Cl)c(OCC2CCCCC2)cc1F. The number of halogens is 2. The fourth-order valence-corrected chi connectivity index (χ4v) is 3.26. The smallest absolute Gasteiger partial charge is 0.267 e. The molecule has 0 heterocycles. The molecule has 1 aliphatic rings. The van der Waals surface area contributed by atoms with Crippen molar-refractivity contribution in [2.45, 2.75) is 32.1 Å². The molecule has 0 saturated heterocycles. The molecule has 1 aromatic rings. The van der Waals surface area contributed by atoms with Gasteiger partial charge >= 0.3 is 0 Å². The molecule has 5 nitrogen and oxygen atoms in total. The van der Waals surface area contributed by atoms with Gasteiger partial charge in [0.05, 0.1) is 23.4 Å². The second-order valence-electron chi connectivity index (χ2n) is 5.78. The summed E-state index contributed by atoms with van der Waals surface area (Å²) in [6.45, 7) is 0.452. The van der Waals surface area contributed by atoms with Crippen molar-refractivity contribution in [1.29, 1.82) is 0 Å². The Morgan fingerprint density at radius 1 is 1.35 bits per heavy atom. The summed E-state index contributed by atoms with van der Waals surface area (Å²) >= 11 is 6.01. The lowest BCUT2D eigenvalue weighted by atomic mass is 9.90. The van der Waals surface area contributed by atoms with Crippen molar-refractivity contribution in [3.63, 3.8) is 0 Å². The van der Waals surface area contributed by atoms with E-state index in [2.05, 4.69) is 0 Å². The lowest BCUT2D eigenvalue weighted by Gasteiger charge is -2.22. The van der Waals surface area contributed by atoms with E-state index >= 15 is 0 Å². The molecule has 1 N–H and O–H groups in total. The van der Waals surface area contributed by atoms with Gasteiger partial charge in [-0.3, -0.25) is 4.79 Å². The molecular formula is C15H19ClFNO4S. The fraction of sp³-hybridized carbons (Fsp3) is 0.533. The van der Waals surface area contributed by atoms with Crippen LogP contribution in [0.1, 0.15) is 42.5 Å². The van der Waals surface area contributed by atoms with Crippen LogP contribution in [0.3, 0.4) is 0 Å². The van der Waals surface area contributed by atoms with Gasteiger partial charge in [0.15, 0.2) is 0 Å². The van der Waals surface area contributed by atoms with E-state index in [0.29, 0.717) is 12.5 Å². The first-order valence-corrected chi connectivity index (χ1v) is 9.67. The van der Waals surface area contributed by atoms with Crippen LogP contribution in [0.15, 0.2) is 12.1 Å². The second kappa shape index (κ2) is 7.49. The molecule has 1 aromatic carbocycles. The quantitative estimate of drug-likeness (QED) is 0.872. The van der Waals surface area contributed by atoms with Gasteiger partial charge in [0.1, 0.15) is 11.6 Å². The zero-order chi connectivity index (χ0) is 17.0. The van der Waals surface area contributed by atoms with Crippen LogP contribution in [-0.4, -0.2) is 27.2 Å². The van der Waals surface area contributed by atoms with E-state index in [0.717, 1.165) is 31.2 Å². The molecular weight excluding hydrogens is 345 g/mol.